The fraction of sp³-hybridized carbons (Fsp3) is 0.462. The summed E-state index contributed by atoms with van der Waals surface area (Å²) in [6.45, 7) is 2.00. The number of ketones is 1. The van der Waals surface area contributed by atoms with Crippen molar-refractivity contribution in [1.29, 1.82) is 0 Å². The maximum Gasteiger partial charge on any atom is 0.111 e. The minimum atomic E-state index is 0. The monoisotopic (exact) mass is 288 g/mol. The van der Waals surface area contributed by atoms with Crippen LogP contribution in [0.2, 0.25) is 5.02 Å². The summed E-state index contributed by atoms with van der Waals surface area (Å²) in [4.78, 5) is 14.4. The van der Waals surface area contributed by atoms with Gasteiger partial charge < -0.3 is 9.69 Å². The molecule has 0 unspecified atom stereocenters. The summed E-state index contributed by atoms with van der Waals surface area (Å²) in [6, 6.07) is 8.03. The molecule has 1 aromatic carbocycles. The third-order valence-electron chi connectivity index (χ3n) is 3.13. The topological polar surface area (TPSA) is 20.3 Å². The number of nitrogens with zero attached hydrogens (tertiary/aromatic N) is 1. The van der Waals surface area contributed by atoms with Gasteiger partial charge in [0.15, 0.2) is 0 Å². The van der Waals surface area contributed by atoms with E-state index in [4.69, 9.17) is 11.6 Å². The quantitative estimate of drug-likeness (QED) is 0.616. The van der Waals surface area contributed by atoms with Crippen LogP contribution in [0.25, 0.3) is 0 Å². The maximum absolute atomic E-state index is 12.2. The zero-order valence-corrected chi connectivity index (χ0v) is 11.8. The Hall–Kier alpha value is -0.328. The Morgan fingerprint density at radius 3 is 2.65 bits per heavy atom. The van der Waals surface area contributed by atoms with Gasteiger partial charge in [-0.1, -0.05) is 10.6 Å². The summed E-state index contributed by atoms with van der Waals surface area (Å²) < 4.78 is 0. The number of carbonyl (C=O) groups is 1. The van der Waals surface area contributed by atoms with Crippen molar-refractivity contribution in [3.05, 3.63) is 34.9 Å². The van der Waals surface area contributed by atoms with E-state index in [0.29, 0.717) is 10.6 Å². The van der Waals surface area contributed by atoms with E-state index >= 15 is 0 Å². The molecule has 4 heteroatoms. The fourth-order valence-electron chi connectivity index (χ4n) is 2.09. The molecule has 1 aliphatic rings. The van der Waals surface area contributed by atoms with Crippen LogP contribution in [0.1, 0.15) is 23.2 Å². The number of hydrogen-bond donors (Lipinski definition) is 0. The smallest absolute Gasteiger partial charge is 0.111 e. The third kappa shape index (κ3) is 3.83. The molecule has 1 fully saturated rings. The van der Waals surface area contributed by atoms with Gasteiger partial charge in [0.2, 0.25) is 0 Å². The standard InChI is InChI=1S/C13H15ClNO.Cr/c1-15-7-5-10(6-8-15)13(16)11-3-2-4-12(14)9-11;/h3-4,9-10H,5-8H2,1H3;/q-1;. The summed E-state index contributed by atoms with van der Waals surface area (Å²) in [5.41, 5.74) is 0.696. The van der Waals surface area contributed by atoms with Crippen molar-refractivity contribution in [2.24, 2.45) is 5.92 Å². The first kappa shape index (κ1) is 14.7. The van der Waals surface area contributed by atoms with E-state index in [-0.39, 0.29) is 29.1 Å². The van der Waals surface area contributed by atoms with Crippen LogP contribution in [0.15, 0.2) is 18.2 Å². The second-order valence-corrected chi connectivity index (χ2v) is 4.82. The molecule has 0 spiro atoms. The van der Waals surface area contributed by atoms with Crippen LogP contribution < -0.4 is 0 Å². The Morgan fingerprint density at radius 1 is 1.41 bits per heavy atom. The Bertz CT molecular complexity index is 389. The Kier molecular flexibility index (Phi) is 5.69. The molecule has 0 bridgehead atoms. The zero-order chi connectivity index (χ0) is 11.5. The average Bonchev–Trinajstić information content (AvgIpc) is 2.29. The molecule has 2 nitrogen and oxygen atoms in total. The molecule has 0 atom stereocenters. The number of likely N-dealkylation sites (tertiary alicyclic amines) is 1. The van der Waals surface area contributed by atoms with E-state index in [1.807, 2.05) is 0 Å². The predicted octanol–water partition coefficient (Wildman–Crippen LogP) is 2.66. The summed E-state index contributed by atoms with van der Waals surface area (Å²) >= 11 is 5.86. The minimum absolute atomic E-state index is 0. The van der Waals surface area contributed by atoms with E-state index in [1.165, 1.54) is 0 Å². The van der Waals surface area contributed by atoms with Crippen molar-refractivity contribution in [3.63, 3.8) is 0 Å². The molecular weight excluding hydrogens is 274 g/mol. The number of Topliss-reactive ketones (excluding diaryl/α,β-unsaturated/α-hetero) is 1. The van der Waals surface area contributed by atoms with Crippen LogP contribution in [0, 0.1) is 12.0 Å². The van der Waals surface area contributed by atoms with Gasteiger partial charge in [0.1, 0.15) is 5.78 Å². The van der Waals surface area contributed by atoms with Gasteiger partial charge in [-0.2, -0.15) is 29.8 Å². The number of rotatable bonds is 2. The van der Waals surface area contributed by atoms with Crippen molar-refractivity contribution in [3.8, 4) is 0 Å². The van der Waals surface area contributed by atoms with Crippen molar-refractivity contribution < 1.29 is 22.2 Å². The third-order valence-corrected chi connectivity index (χ3v) is 3.35. The molecule has 17 heavy (non-hydrogen) atoms. The van der Waals surface area contributed by atoms with Gasteiger partial charge in [-0.3, -0.25) is 0 Å². The first-order valence-corrected chi connectivity index (χ1v) is 5.94. The van der Waals surface area contributed by atoms with Gasteiger partial charge in [0, 0.05) is 23.3 Å². The molecule has 0 saturated carbocycles. The largest absolute Gasteiger partial charge is 0.308 e. The summed E-state index contributed by atoms with van der Waals surface area (Å²) in [7, 11) is 2.09. The Balaban J connectivity index is 0.00000144. The van der Waals surface area contributed by atoms with E-state index in [9.17, 15) is 4.79 Å². The molecule has 1 saturated heterocycles. The molecular formula is C13H15ClCrNO-. The summed E-state index contributed by atoms with van der Waals surface area (Å²) in [5.74, 6) is 0.370. The number of hydrogen-bond acceptors (Lipinski definition) is 2. The number of benzene rings is 1. The molecule has 1 aromatic rings. The molecule has 0 aliphatic carbocycles. The van der Waals surface area contributed by atoms with Gasteiger partial charge in [-0.25, -0.2) is 0 Å². The van der Waals surface area contributed by atoms with Gasteiger partial charge in [-0.15, -0.1) is 6.07 Å². The van der Waals surface area contributed by atoms with Gasteiger partial charge in [0.25, 0.3) is 0 Å². The first-order valence-electron chi connectivity index (χ1n) is 5.56. The first-order chi connectivity index (χ1) is 7.66. The second kappa shape index (κ2) is 6.56. The average molecular weight is 289 g/mol. The molecule has 0 aromatic heterocycles. The SMILES string of the molecule is CN1CCC(C(=O)c2c[c-]cc(Cl)c2)CC1.[Cr]. The molecule has 92 valence electrons. The Labute approximate surface area is 118 Å². The van der Waals surface area contributed by atoms with Crippen LogP contribution >= 0.6 is 11.6 Å². The molecule has 1 aliphatic heterocycles. The van der Waals surface area contributed by atoms with Crippen LogP contribution in [0.4, 0.5) is 0 Å². The molecule has 0 amide bonds. The van der Waals surface area contributed by atoms with Crippen molar-refractivity contribution in [1.82, 2.24) is 4.90 Å². The number of halogens is 1. The second-order valence-electron chi connectivity index (χ2n) is 4.38. The van der Waals surface area contributed by atoms with Gasteiger partial charge in [0.05, 0.1) is 0 Å². The predicted molar refractivity (Wildman–Crippen MR) is 64.8 cm³/mol. The van der Waals surface area contributed by atoms with E-state index < -0.39 is 0 Å². The molecule has 0 radical (unpaired) electrons. The van der Waals surface area contributed by atoms with Crippen LogP contribution in [-0.4, -0.2) is 30.8 Å². The van der Waals surface area contributed by atoms with Crippen LogP contribution in [0.3, 0.4) is 0 Å². The maximum atomic E-state index is 12.2. The molecule has 0 N–H and O–H groups in total. The Morgan fingerprint density at radius 2 is 2.06 bits per heavy atom. The van der Waals surface area contributed by atoms with Crippen LogP contribution in [0.5, 0.6) is 0 Å². The van der Waals surface area contributed by atoms with E-state index in [1.54, 1.807) is 18.2 Å². The van der Waals surface area contributed by atoms with Gasteiger partial charge >= 0.3 is 0 Å². The van der Waals surface area contributed by atoms with Crippen molar-refractivity contribution in [2.75, 3.05) is 20.1 Å². The summed E-state index contributed by atoms with van der Waals surface area (Å²) in [6.07, 6.45) is 1.89. The van der Waals surface area contributed by atoms with Crippen molar-refractivity contribution in [2.45, 2.75) is 12.8 Å². The molecule has 2 rings (SSSR count). The number of carbonyl (C=O) groups excluding carboxylic acids is 1. The van der Waals surface area contributed by atoms with E-state index in [0.717, 1.165) is 25.9 Å². The summed E-state index contributed by atoms with van der Waals surface area (Å²) in [5, 5.41) is 0.582. The zero-order valence-electron chi connectivity index (χ0n) is 9.78. The number of piperidine rings is 1. The normalized spacial score (nSPS) is 17.5. The van der Waals surface area contributed by atoms with Crippen molar-refractivity contribution >= 4 is 17.4 Å². The molecule has 1 heterocycles. The van der Waals surface area contributed by atoms with Crippen LogP contribution in [-0.2, 0) is 17.4 Å². The van der Waals surface area contributed by atoms with E-state index in [2.05, 4.69) is 18.0 Å². The van der Waals surface area contributed by atoms with Gasteiger partial charge in [-0.05, 0) is 33.0 Å². The minimum Gasteiger partial charge on any atom is -0.308 e. The fourth-order valence-corrected chi connectivity index (χ4v) is 2.27.